The third kappa shape index (κ3) is 2.50. The molecule has 98 valence electrons. The molecule has 3 heteroatoms. The summed E-state index contributed by atoms with van der Waals surface area (Å²) in [5, 5.41) is 0. The molecule has 1 aromatic carbocycles. The lowest BCUT2D eigenvalue weighted by Crippen LogP contribution is -2.32. The zero-order chi connectivity index (χ0) is 13.1. The van der Waals surface area contributed by atoms with Crippen LogP contribution >= 0.6 is 0 Å². The van der Waals surface area contributed by atoms with E-state index in [-0.39, 0.29) is 11.9 Å². The van der Waals surface area contributed by atoms with E-state index in [4.69, 9.17) is 9.47 Å². The second-order valence-electron chi connectivity index (χ2n) is 4.91. The second kappa shape index (κ2) is 5.42. The van der Waals surface area contributed by atoms with Crippen molar-refractivity contribution >= 4 is 5.78 Å². The normalized spacial score (nSPS) is 19.9. The Bertz CT molecular complexity index is 439. The van der Waals surface area contributed by atoms with E-state index in [1.54, 1.807) is 13.2 Å². The fourth-order valence-electron chi connectivity index (χ4n) is 2.41. The van der Waals surface area contributed by atoms with Crippen LogP contribution in [0.3, 0.4) is 0 Å². The van der Waals surface area contributed by atoms with Crippen LogP contribution in [0.4, 0.5) is 0 Å². The molecule has 0 saturated heterocycles. The van der Waals surface area contributed by atoms with E-state index >= 15 is 0 Å². The fraction of sp³-hybridized carbons (Fsp3) is 0.533. The van der Waals surface area contributed by atoms with Crippen LogP contribution in [-0.2, 0) is 0 Å². The summed E-state index contributed by atoms with van der Waals surface area (Å²) in [7, 11) is 1.60. The number of carbonyl (C=O) groups is 1. The number of methoxy groups -OCH3 is 1. The third-order valence-corrected chi connectivity index (χ3v) is 3.53. The van der Waals surface area contributed by atoms with Crippen molar-refractivity contribution in [3.05, 3.63) is 23.8 Å². The van der Waals surface area contributed by atoms with Crippen LogP contribution in [0, 0.1) is 5.92 Å². The van der Waals surface area contributed by atoms with E-state index < -0.39 is 0 Å². The van der Waals surface area contributed by atoms with Crippen LogP contribution in [0.5, 0.6) is 11.5 Å². The molecule has 1 aromatic rings. The summed E-state index contributed by atoms with van der Waals surface area (Å²) in [5.41, 5.74) is 0.647. The highest BCUT2D eigenvalue weighted by Crippen LogP contribution is 2.33. The molecule has 0 radical (unpaired) electrons. The maximum atomic E-state index is 12.1. The van der Waals surface area contributed by atoms with Gasteiger partial charge in [-0.15, -0.1) is 0 Å². The van der Waals surface area contributed by atoms with Gasteiger partial charge in [-0.2, -0.15) is 0 Å². The zero-order valence-corrected chi connectivity index (χ0v) is 11.2. The van der Waals surface area contributed by atoms with Crippen molar-refractivity contribution < 1.29 is 14.3 Å². The van der Waals surface area contributed by atoms with Crippen molar-refractivity contribution in [2.45, 2.75) is 39.2 Å². The Morgan fingerprint density at radius 3 is 2.94 bits per heavy atom. The highest BCUT2D eigenvalue weighted by atomic mass is 16.5. The second-order valence-corrected chi connectivity index (χ2v) is 4.91. The van der Waals surface area contributed by atoms with Crippen LogP contribution < -0.4 is 9.47 Å². The van der Waals surface area contributed by atoms with Crippen molar-refractivity contribution in [3.63, 3.8) is 0 Å². The molecule has 0 bridgehead atoms. The van der Waals surface area contributed by atoms with Crippen LogP contribution in [0.25, 0.3) is 0 Å². The van der Waals surface area contributed by atoms with Crippen molar-refractivity contribution in [1.82, 2.24) is 0 Å². The van der Waals surface area contributed by atoms with Gasteiger partial charge in [0.25, 0.3) is 0 Å². The first-order valence-electron chi connectivity index (χ1n) is 6.53. The monoisotopic (exact) mass is 248 g/mol. The summed E-state index contributed by atoms with van der Waals surface area (Å²) in [6, 6.07) is 5.42. The Kier molecular flexibility index (Phi) is 3.90. The summed E-state index contributed by atoms with van der Waals surface area (Å²) in [6.45, 7) is 4.30. The number of ketones is 1. The van der Waals surface area contributed by atoms with Gasteiger partial charge < -0.3 is 9.47 Å². The minimum atomic E-state index is 0.0124. The number of rotatable bonds is 4. The van der Waals surface area contributed by atoms with E-state index in [0.29, 0.717) is 29.4 Å². The van der Waals surface area contributed by atoms with Crippen LogP contribution in [0.15, 0.2) is 18.2 Å². The van der Waals surface area contributed by atoms with Crippen LogP contribution in [0.1, 0.15) is 43.5 Å². The molecule has 3 nitrogen and oxygen atoms in total. The standard InChI is InChI=1S/C15H20O3/c1-4-5-10(2)15-9-13(16)12-8-11(17-3)6-7-14(12)18-15/h6-8,10,15H,4-5,9H2,1-3H3. The number of fused-ring (bicyclic) bond motifs is 1. The fourth-order valence-corrected chi connectivity index (χ4v) is 2.41. The Labute approximate surface area is 108 Å². The highest BCUT2D eigenvalue weighted by molar-refractivity contribution is 6.00. The van der Waals surface area contributed by atoms with E-state index in [2.05, 4.69) is 13.8 Å². The first-order valence-corrected chi connectivity index (χ1v) is 6.53. The Balaban J connectivity index is 2.21. The molecule has 0 saturated carbocycles. The SMILES string of the molecule is CCCC(C)C1CC(=O)c2cc(OC)ccc2O1. The van der Waals surface area contributed by atoms with Gasteiger partial charge in [0.1, 0.15) is 17.6 Å². The highest BCUT2D eigenvalue weighted by Gasteiger charge is 2.30. The third-order valence-electron chi connectivity index (χ3n) is 3.53. The lowest BCUT2D eigenvalue weighted by molar-refractivity contribution is 0.0739. The molecule has 0 amide bonds. The minimum Gasteiger partial charge on any atom is -0.497 e. The summed E-state index contributed by atoms with van der Waals surface area (Å²) in [5.74, 6) is 1.96. The molecular formula is C15H20O3. The Morgan fingerprint density at radius 2 is 2.28 bits per heavy atom. The molecule has 0 N–H and O–H groups in total. The van der Waals surface area contributed by atoms with Gasteiger partial charge in [-0.05, 0) is 30.5 Å². The van der Waals surface area contributed by atoms with Gasteiger partial charge in [0.05, 0.1) is 12.7 Å². The molecule has 0 aromatic heterocycles. The van der Waals surface area contributed by atoms with E-state index in [1.807, 2.05) is 12.1 Å². The molecule has 18 heavy (non-hydrogen) atoms. The van der Waals surface area contributed by atoms with Crippen molar-refractivity contribution in [2.24, 2.45) is 5.92 Å². The summed E-state index contributed by atoms with van der Waals surface area (Å²) >= 11 is 0. The molecule has 1 aliphatic rings. The molecule has 2 atom stereocenters. The predicted molar refractivity (Wildman–Crippen MR) is 70.4 cm³/mol. The summed E-state index contributed by atoms with van der Waals surface area (Å²) < 4.78 is 11.1. The maximum absolute atomic E-state index is 12.1. The number of hydrogen-bond acceptors (Lipinski definition) is 3. The molecule has 0 fully saturated rings. The number of Topliss-reactive ketones (excluding diaryl/α,β-unsaturated/α-hetero) is 1. The maximum Gasteiger partial charge on any atom is 0.170 e. The van der Waals surface area contributed by atoms with E-state index in [0.717, 1.165) is 12.8 Å². The molecule has 1 heterocycles. The number of benzene rings is 1. The van der Waals surface area contributed by atoms with Crippen LogP contribution in [0.2, 0.25) is 0 Å². The average Bonchev–Trinajstić information content (AvgIpc) is 2.38. The molecule has 0 spiro atoms. The predicted octanol–water partition coefficient (Wildman–Crippen LogP) is 3.47. The molecule has 2 unspecified atom stereocenters. The molecule has 1 aliphatic heterocycles. The van der Waals surface area contributed by atoms with Gasteiger partial charge in [0.2, 0.25) is 0 Å². The lowest BCUT2D eigenvalue weighted by atomic mass is 9.91. The van der Waals surface area contributed by atoms with Gasteiger partial charge in [-0.25, -0.2) is 0 Å². The first-order chi connectivity index (χ1) is 8.65. The van der Waals surface area contributed by atoms with Crippen molar-refractivity contribution in [1.29, 1.82) is 0 Å². The number of ether oxygens (including phenoxy) is 2. The number of carbonyl (C=O) groups excluding carboxylic acids is 1. The van der Waals surface area contributed by atoms with Gasteiger partial charge >= 0.3 is 0 Å². The van der Waals surface area contributed by atoms with Crippen LogP contribution in [-0.4, -0.2) is 19.0 Å². The van der Waals surface area contributed by atoms with Gasteiger partial charge in [-0.1, -0.05) is 20.3 Å². The molecular weight excluding hydrogens is 228 g/mol. The Morgan fingerprint density at radius 1 is 1.50 bits per heavy atom. The quantitative estimate of drug-likeness (QED) is 0.818. The first kappa shape index (κ1) is 12.9. The summed E-state index contributed by atoms with van der Waals surface area (Å²) in [6.07, 6.45) is 2.69. The minimum absolute atomic E-state index is 0.0124. The molecule has 0 aliphatic carbocycles. The van der Waals surface area contributed by atoms with E-state index in [1.165, 1.54) is 0 Å². The van der Waals surface area contributed by atoms with Gasteiger partial charge in [-0.3, -0.25) is 4.79 Å². The zero-order valence-electron chi connectivity index (χ0n) is 11.2. The topological polar surface area (TPSA) is 35.5 Å². The van der Waals surface area contributed by atoms with Crippen molar-refractivity contribution in [2.75, 3.05) is 7.11 Å². The smallest absolute Gasteiger partial charge is 0.170 e. The van der Waals surface area contributed by atoms with E-state index in [9.17, 15) is 4.79 Å². The van der Waals surface area contributed by atoms with Crippen molar-refractivity contribution in [3.8, 4) is 11.5 Å². The number of hydrogen-bond donors (Lipinski definition) is 0. The van der Waals surface area contributed by atoms with Gasteiger partial charge in [0, 0.05) is 6.42 Å². The average molecular weight is 248 g/mol. The summed E-state index contributed by atoms with van der Waals surface area (Å²) in [4.78, 5) is 12.1. The largest absolute Gasteiger partial charge is 0.497 e. The Hall–Kier alpha value is -1.51. The molecule has 2 rings (SSSR count). The lowest BCUT2D eigenvalue weighted by Gasteiger charge is -2.29. The van der Waals surface area contributed by atoms with Gasteiger partial charge in [0.15, 0.2) is 5.78 Å².